The van der Waals surface area contributed by atoms with Crippen LogP contribution in [0.4, 0.5) is 13.2 Å². The van der Waals surface area contributed by atoms with E-state index in [1.165, 1.54) is 6.42 Å². The van der Waals surface area contributed by atoms with E-state index in [4.69, 9.17) is 15.5 Å². The summed E-state index contributed by atoms with van der Waals surface area (Å²) in [5, 5.41) is 10.6. The van der Waals surface area contributed by atoms with Crippen molar-refractivity contribution in [2.45, 2.75) is 82.5 Å². The van der Waals surface area contributed by atoms with Crippen LogP contribution in [0.1, 0.15) is 46.0 Å². The van der Waals surface area contributed by atoms with Gasteiger partial charge < -0.3 is 21.1 Å². The zero-order chi connectivity index (χ0) is 22.3. The van der Waals surface area contributed by atoms with Gasteiger partial charge in [0.2, 0.25) is 0 Å². The molecule has 0 spiro atoms. The SMILES string of the molecule is COC1CC2NC(C)=NC(NC(C)C3CC(C(F)(F)F)CC3N)C2CC1C1CCNC1. The van der Waals surface area contributed by atoms with E-state index in [0.717, 1.165) is 31.8 Å². The molecule has 0 aromatic rings. The van der Waals surface area contributed by atoms with Crippen LogP contribution >= 0.6 is 0 Å². The molecule has 9 heteroatoms. The van der Waals surface area contributed by atoms with Gasteiger partial charge in [-0.05, 0) is 76.8 Å². The summed E-state index contributed by atoms with van der Waals surface area (Å²) in [6.45, 7) is 6.03. The molecule has 6 nitrogen and oxygen atoms in total. The van der Waals surface area contributed by atoms with Crippen LogP contribution < -0.4 is 21.7 Å². The summed E-state index contributed by atoms with van der Waals surface area (Å²) >= 11 is 0. The summed E-state index contributed by atoms with van der Waals surface area (Å²) in [4.78, 5) is 4.86. The number of rotatable bonds is 5. The second-order valence-electron chi connectivity index (χ2n) is 10.2. The summed E-state index contributed by atoms with van der Waals surface area (Å²) in [6.07, 6.45) is -0.822. The molecule has 2 aliphatic heterocycles. The molecule has 0 amide bonds. The standard InChI is InChI=1S/C22H38F3N5O/c1-11(15-6-14(7-18(15)26)22(23,24)25)28-21-17-8-16(13-4-5-27-10-13)20(31-3)9-19(17)29-12(2)30-21/h11,13-21,27-28H,4-10,26H2,1-3H3,(H,29,30). The van der Waals surface area contributed by atoms with Gasteiger partial charge in [0.15, 0.2) is 0 Å². The third-order valence-corrected chi connectivity index (χ3v) is 8.37. The minimum absolute atomic E-state index is 0.0209. The number of nitrogens with two attached hydrogens (primary N) is 1. The number of nitrogens with one attached hydrogen (secondary N) is 3. The van der Waals surface area contributed by atoms with Gasteiger partial charge in [-0.1, -0.05) is 0 Å². The summed E-state index contributed by atoms with van der Waals surface area (Å²) in [6, 6.07) is -0.286. The first kappa shape index (κ1) is 23.3. The minimum Gasteiger partial charge on any atom is -0.381 e. The van der Waals surface area contributed by atoms with Gasteiger partial charge in [-0.3, -0.25) is 10.3 Å². The zero-order valence-corrected chi connectivity index (χ0v) is 18.8. The maximum Gasteiger partial charge on any atom is 0.391 e. The minimum atomic E-state index is -4.16. The number of amidine groups is 1. The smallest absolute Gasteiger partial charge is 0.381 e. The lowest BCUT2D eigenvalue weighted by Crippen LogP contribution is -2.60. The highest BCUT2D eigenvalue weighted by molar-refractivity contribution is 5.80. The number of alkyl halides is 3. The van der Waals surface area contributed by atoms with Crippen molar-refractivity contribution < 1.29 is 17.9 Å². The fraction of sp³-hybridized carbons (Fsp3) is 0.955. The van der Waals surface area contributed by atoms with Gasteiger partial charge in [-0.25, -0.2) is 0 Å². The Kier molecular flexibility index (Phi) is 6.87. The first-order valence-corrected chi connectivity index (χ1v) is 11.8. The van der Waals surface area contributed by atoms with Crippen LogP contribution in [0.2, 0.25) is 0 Å². The van der Waals surface area contributed by atoms with Crippen LogP contribution in [0.5, 0.6) is 0 Å². The van der Waals surface area contributed by atoms with Gasteiger partial charge in [-0.2, -0.15) is 13.2 Å². The Balaban J connectivity index is 1.46. The predicted octanol–water partition coefficient (Wildman–Crippen LogP) is 2.25. The molecule has 0 aromatic heterocycles. The zero-order valence-electron chi connectivity index (χ0n) is 18.8. The number of aliphatic imine (C=N–C) groups is 1. The van der Waals surface area contributed by atoms with Crippen LogP contribution in [0.3, 0.4) is 0 Å². The van der Waals surface area contributed by atoms with Gasteiger partial charge in [0.1, 0.15) is 6.17 Å². The number of halogens is 3. The van der Waals surface area contributed by atoms with Crippen molar-refractivity contribution in [3.63, 3.8) is 0 Å². The molecule has 5 N–H and O–H groups in total. The third-order valence-electron chi connectivity index (χ3n) is 8.37. The van der Waals surface area contributed by atoms with Crippen LogP contribution in [0, 0.1) is 29.6 Å². The second-order valence-corrected chi connectivity index (χ2v) is 10.2. The molecule has 178 valence electrons. The van der Waals surface area contributed by atoms with Crippen LogP contribution in [-0.2, 0) is 4.74 Å². The topological polar surface area (TPSA) is 83.7 Å². The molecule has 4 rings (SSSR count). The van der Waals surface area contributed by atoms with Crippen molar-refractivity contribution >= 4 is 5.84 Å². The molecule has 0 aromatic carbocycles. The van der Waals surface area contributed by atoms with E-state index >= 15 is 0 Å². The Bertz CT molecular complexity index is 654. The van der Waals surface area contributed by atoms with Crippen molar-refractivity contribution in [1.82, 2.24) is 16.0 Å². The Hall–Kier alpha value is -0.900. The molecule has 10 atom stereocenters. The number of nitrogens with zero attached hydrogens (tertiary/aromatic N) is 1. The lowest BCUT2D eigenvalue weighted by molar-refractivity contribution is -0.173. The molecule has 0 bridgehead atoms. The van der Waals surface area contributed by atoms with Crippen molar-refractivity contribution in [3.8, 4) is 0 Å². The first-order valence-electron chi connectivity index (χ1n) is 11.8. The quantitative estimate of drug-likeness (QED) is 0.522. The lowest BCUT2D eigenvalue weighted by Gasteiger charge is -2.48. The molecule has 4 aliphatic rings. The maximum absolute atomic E-state index is 13.2. The fourth-order valence-electron chi connectivity index (χ4n) is 6.66. The summed E-state index contributed by atoms with van der Waals surface area (Å²) in [7, 11) is 1.81. The van der Waals surface area contributed by atoms with E-state index in [0.29, 0.717) is 17.8 Å². The van der Waals surface area contributed by atoms with Gasteiger partial charge in [-0.15, -0.1) is 0 Å². The van der Waals surface area contributed by atoms with E-state index in [1.807, 2.05) is 13.8 Å². The van der Waals surface area contributed by atoms with Crippen molar-refractivity contribution in [2.24, 2.45) is 40.3 Å². The van der Waals surface area contributed by atoms with Gasteiger partial charge in [0.25, 0.3) is 0 Å². The Morgan fingerprint density at radius 1 is 1.19 bits per heavy atom. The molecule has 0 radical (unpaired) electrons. The molecule has 10 unspecified atom stereocenters. The van der Waals surface area contributed by atoms with Gasteiger partial charge in [0.05, 0.1) is 17.9 Å². The molecule has 31 heavy (non-hydrogen) atoms. The number of fused-ring (bicyclic) bond motifs is 1. The molecule has 2 heterocycles. The van der Waals surface area contributed by atoms with Crippen LogP contribution in [0.25, 0.3) is 0 Å². The number of hydrogen-bond donors (Lipinski definition) is 4. The van der Waals surface area contributed by atoms with E-state index in [-0.39, 0.29) is 43.1 Å². The van der Waals surface area contributed by atoms with E-state index in [9.17, 15) is 13.2 Å². The summed E-state index contributed by atoms with van der Waals surface area (Å²) in [5.41, 5.74) is 6.16. The molecule has 2 aliphatic carbocycles. The van der Waals surface area contributed by atoms with E-state index in [2.05, 4.69) is 16.0 Å². The van der Waals surface area contributed by atoms with E-state index < -0.39 is 18.1 Å². The van der Waals surface area contributed by atoms with Crippen molar-refractivity contribution in [3.05, 3.63) is 0 Å². The highest BCUT2D eigenvalue weighted by Gasteiger charge is 2.50. The van der Waals surface area contributed by atoms with E-state index in [1.54, 1.807) is 7.11 Å². The highest BCUT2D eigenvalue weighted by atomic mass is 19.4. The lowest BCUT2D eigenvalue weighted by atomic mass is 9.69. The molecular formula is C22H38F3N5O. The average molecular weight is 446 g/mol. The first-order chi connectivity index (χ1) is 14.7. The van der Waals surface area contributed by atoms with Gasteiger partial charge in [0, 0.05) is 31.2 Å². The third kappa shape index (κ3) is 4.89. The number of methoxy groups -OCH3 is 1. The fourth-order valence-corrected chi connectivity index (χ4v) is 6.66. The predicted molar refractivity (Wildman–Crippen MR) is 115 cm³/mol. The number of hydrogen-bond acceptors (Lipinski definition) is 6. The van der Waals surface area contributed by atoms with Crippen LogP contribution in [0.15, 0.2) is 4.99 Å². The number of ether oxygens (including phenoxy) is 1. The molecule has 2 saturated carbocycles. The molecule has 1 saturated heterocycles. The Morgan fingerprint density at radius 3 is 2.58 bits per heavy atom. The summed E-state index contributed by atoms with van der Waals surface area (Å²) < 4.78 is 45.6. The van der Waals surface area contributed by atoms with Crippen molar-refractivity contribution in [1.29, 1.82) is 0 Å². The van der Waals surface area contributed by atoms with Crippen LogP contribution in [-0.4, -0.2) is 62.6 Å². The Labute approximate surface area is 183 Å². The largest absolute Gasteiger partial charge is 0.391 e. The average Bonchev–Trinajstić information content (AvgIpc) is 3.36. The van der Waals surface area contributed by atoms with Gasteiger partial charge >= 0.3 is 6.18 Å². The second kappa shape index (κ2) is 9.15. The molecule has 3 fully saturated rings. The summed E-state index contributed by atoms with van der Waals surface area (Å²) in [5.74, 6) is 0.760. The monoisotopic (exact) mass is 445 g/mol. The maximum atomic E-state index is 13.2. The highest BCUT2D eigenvalue weighted by Crippen LogP contribution is 2.44. The Morgan fingerprint density at radius 2 is 1.97 bits per heavy atom. The van der Waals surface area contributed by atoms with Crippen molar-refractivity contribution in [2.75, 3.05) is 20.2 Å². The normalized spacial score (nSPS) is 44.5. The molecular weight excluding hydrogens is 407 g/mol.